The fourth-order valence-corrected chi connectivity index (χ4v) is 2.45. The second kappa shape index (κ2) is 7.87. The maximum Gasteiger partial charge on any atom is 0.338 e. The molecule has 6 nitrogen and oxygen atoms in total. The van der Waals surface area contributed by atoms with Gasteiger partial charge in [0.2, 0.25) is 11.8 Å². The Hall–Kier alpha value is -2.21. The van der Waals surface area contributed by atoms with Crippen molar-refractivity contribution >= 4 is 17.8 Å². The van der Waals surface area contributed by atoms with E-state index in [0.29, 0.717) is 12.2 Å². The van der Waals surface area contributed by atoms with Gasteiger partial charge in [0, 0.05) is 13.0 Å². The number of nitrogens with zero attached hydrogens (tertiary/aromatic N) is 1. The monoisotopic (exact) mass is 319 g/mol. The van der Waals surface area contributed by atoms with E-state index in [2.05, 4.69) is 0 Å². The molecule has 1 aliphatic rings. The van der Waals surface area contributed by atoms with Gasteiger partial charge in [0.1, 0.15) is 6.10 Å². The first-order valence-corrected chi connectivity index (χ1v) is 7.71. The molecule has 2 rings (SSSR count). The van der Waals surface area contributed by atoms with Crippen LogP contribution in [0.15, 0.2) is 30.3 Å². The van der Waals surface area contributed by atoms with Gasteiger partial charge in [-0.3, -0.25) is 14.5 Å². The topological polar surface area (TPSA) is 72.9 Å². The van der Waals surface area contributed by atoms with Gasteiger partial charge in [-0.25, -0.2) is 4.79 Å². The van der Waals surface area contributed by atoms with Gasteiger partial charge < -0.3 is 9.47 Å². The van der Waals surface area contributed by atoms with Gasteiger partial charge in [-0.2, -0.15) is 0 Å². The molecule has 0 saturated carbocycles. The van der Waals surface area contributed by atoms with Gasteiger partial charge in [0.25, 0.3) is 0 Å². The molecule has 0 aromatic heterocycles. The predicted octanol–water partition coefficient (Wildman–Crippen LogP) is 1.64. The van der Waals surface area contributed by atoms with E-state index in [0.717, 1.165) is 4.90 Å². The number of amides is 2. The molecular formula is C17H21NO5. The van der Waals surface area contributed by atoms with Gasteiger partial charge in [-0.1, -0.05) is 18.2 Å². The van der Waals surface area contributed by atoms with Crippen LogP contribution in [-0.4, -0.2) is 48.5 Å². The van der Waals surface area contributed by atoms with Gasteiger partial charge in [-0.05, 0) is 26.0 Å². The van der Waals surface area contributed by atoms with Crippen molar-refractivity contribution in [1.29, 1.82) is 0 Å². The van der Waals surface area contributed by atoms with E-state index in [1.807, 2.05) is 6.92 Å². The fourth-order valence-electron chi connectivity index (χ4n) is 2.45. The molecule has 1 aromatic carbocycles. The van der Waals surface area contributed by atoms with Crippen molar-refractivity contribution in [2.75, 3.05) is 19.8 Å². The highest BCUT2D eigenvalue weighted by Gasteiger charge is 2.39. The van der Waals surface area contributed by atoms with Gasteiger partial charge in [0.15, 0.2) is 0 Å². The third-order valence-electron chi connectivity index (χ3n) is 3.62. The Morgan fingerprint density at radius 3 is 2.65 bits per heavy atom. The second-order valence-electron chi connectivity index (χ2n) is 5.49. The summed E-state index contributed by atoms with van der Waals surface area (Å²) in [6, 6.07) is 8.60. The van der Waals surface area contributed by atoms with E-state index < -0.39 is 18.0 Å². The summed E-state index contributed by atoms with van der Waals surface area (Å²) in [6.45, 7) is 4.32. The number of ether oxygens (including phenoxy) is 2. The summed E-state index contributed by atoms with van der Waals surface area (Å²) < 4.78 is 10.5. The van der Waals surface area contributed by atoms with Crippen molar-refractivity contribution in [2.24, 2.45) is 5.92 Å². The zero-order valence-corrected chi connectivity index (χ0v) is 13.4. The summed E-state index contributed by atoms with van der Waals surface area (Å²) in [5.41, 5.74) is 0.438. The molecule has 2 unspecified atom stereocenters. The third-order valence-corrected chi connectivity index (χ3v) is 3.62. The van der Waals surface area contributed by atoms with Crippen LogP contribution < -0.4 is 0 Å². The molecule has 6 heteroatoms. The summed E-state index contributed by atoms with van der Waals surface area (Å²) in [5, 5.41) is 0. The number of rotatable bonds is 7. The maximum absolute atomic E-state index is 12.2. The molecule has 0 spiro atoms. The van der Waals surface area contributed by atoms with Crippen LogP contribution >= 0.6 is 0 Å². The fraction of sp³-hybridized carbons (Fsp3) is 0.471. The maximum atomic E-state index is 12.2. The Labute approximate surface area is 135 Å². The first kappa shape index (κ1) is 17.1. The number of carbonyl (C=O) groups excluding carboxylic acids is 3. The molecule has 2 atom stereocenters. The molecule has 1 heterocycles. The highest BCUT2D eigenvalue weighted by molar-refractivity contribution is 6.03. The summed E-state index contributed by atoms with van der Waals surface area (Å²) in [4.78, 5) is 37.3. The van der Waals surface area contributed by atoms with E-state index in [1.165, 1.54) is 0 Å². The average molecular weight is 319 g/mol. The van der Waals surface area contributed by atoms with Crippen LogP contribution in [0.4, 0.5) is 0 Å². The highest BCUT2D eigenvalue weighted by Crippen LogP contribution is 2.20. The molecule has 124 valence electrons. The number of hydrogen-bond acceptors (Lipinski definition) is 5. The first-order valence-electron chi connectivity index (χ1n) is 7.71. The Kier molecular flexibility index (Phi) is 5.87. The highest BCUT2D eigenvalue weighted by atomic mass is 16.5. The van der Waals surface area contributed by atoms with Crippen molar-refractivity contribution in [3.05, 3.63) is 35.9 Å². The van der Waals surface area contributed by atoms with E-state index >= 15 is 0 Å². The minimum atomic E-state index is -0.568. The lowest BCUT2D eigenvalue weighted by Gasteiger charge is -2.20. The number of imide groups is 1. The molecule has 1 saturated heterocycles. The summed E-state index contributed by atoms with van der Waals surface area (Å²) in [6.07, 6.45) is -0.417. The number of benzene rings is 1. The third kappa shape index (κ3) is 4.39. The SMILES string of the molecule is CCOCC1CC(=O)N(CC(C)OC(=O)c2ccccc2)C1=O. The minimum Gasteiger partial charge on any atom is -0.457 e. The Morgan fingerprint density at radius 2 is 2.00 bits per heavy atom. The van der Waals surface area contributed by atoms with Crippen molar-refractivity contribution in [2.45, 2.75) is 26.4 Å². The number of likely N-dealkylation sites (tertiary alicyclic amines) is 1. The van der Waals surface area contributed by atoms with E-state index in [4.69, 9.17) is 9.47 Å². The van der Waals surface area contributed by atoms with Crippen LogP contribution in [0.1, 0.15) is 30.6 Å². The molecule has 0 radical (unpaired) electrons. The summed E-state index contributed by atoms with van der Waals surface area (Å²) in [5.74, 6) is -1.41. The predicted molar refractivity (Wildman–Crippen MR) is 82.6 cm³/mol. The zero-order valence-electron chi connectivity index (χ0n) is 13.4. The van der Waals surface area contributed by atoms with E-state index in [1.54, 1.807) is 37.3 Å². The Morgan fingerprint density at radius 1 is 1.30 bits per heavy atom. The molecule has 1 aromatic rings. The van der Waals surface area contributed by atoms with Crippen molar-refractivity contribution in [3.63, 3.8) is 0 Å². The van der Waals surface area contributed by atoms with E-state index in [9.17, 15) is 14.4 Å². The summed E-state index contributed by atoms with van der Waals surface area (Å²) in [7, 11) is 0. The Balaban J connectivity index is 1.89. The molecule has 1 aliphatic heterocycles. The van der Waals surface area contributed by atoms with Crippen LogP contribution in [0, 0.1) is 5.92 Å². The molecular weight excluding hydrogens is 298 g/mol. The summed E-state index contributed by atoms with van der Waals surface area (Å²) >= 11 is 0. The Bertz CT molecular complexity index is 572. The lowest BCUT2D eigenvalue weighted by atomic mass is 10.1. The van der Waals surface area contributed by atoms with Gasteiger partial charge in [-0.15, -0.1) is 0 Å². The van der Waals surface area contributed by atoms with Crippen LogP contribution in [0.25, 0.3) is 0 Å². The lowest BCUT2D eigenvalue weighted by Crippen LogP contribution is -2.38. The zero-order chi connectivity index (χ0) is 16.8. The quantitative estimate of drug-likeness (QED) is 0.564. The lowest BCUT2D eigenvalue weighted by molar-refractivity contribution is -0.141. The van der Waals surface area contributed by atoms with E-state index in [-0.39, 0.29) is 31.4 Å². The molecule has 0 aliphatic carbocycles. The van der Waals surface area contributed by atoms with Crippen LogP contribution in [0.2, 0.25) is 0 Å². The number of esters is 1. The normalized spacial score (nSPS) is 19.0. The minimum absolute atomic E-state index is 0.0683. The van der Waals surface area contributed by atoms with Crippen molar-refractivity contribution in [1.82, 2.24) is 4.90 Å². The van der Waals surface area contributed by atoms with Crippen molar-refractivity contribution in [3.8, 4) is 0 Å². The van der Waals surface area contributed by atoms with Crippen LogP contribution in [-0.2, 0) is 19.1 Å². The van der Waals surface area contributed by atoms with Crippen molar-refractivity contribution < 1.29 is 23.9 Å². The number of hydrogen-bond donors (Lipinski definition) is 0. The molecule has 2 amide bonds. The molecule has 0 bridgehead atoms. The van der Waals surface area contributed by atoms with Crippen LogP contribution in [0.3, 0.4) is 0 Å². The smallest absolute Gasteiger partial charge is 0.338 e. The molecule has 23 heavy (non-hydrogen) atoms. The van der Waals surface area contributed by atoms with Crippen LogP contribution in [0.5, 0.6) is 0 Å². The second-order valence-corrected chi connectivity index (χ2v) is 5.49. The average Bonchev–Trinajstić information content (AvgIpc) is 2.81. The first-order chi connectivity index (χ1) is 11.0. The van der Waals surface area contributed by atoms with Gasteiger partial charge in [0.05, 0.1) is 24.6 Å². The molecule has 0 N–H and O–H groups in total. The molecule has 1 fully saturated rings. The number of carbonyl (C=O) groups is 3. The van der Waals surface area contributed by atoms with Gasteiger partial charge >= 0.3 is 5.97 Å². The standard InChI is InChI=1S/C17H21NO5/c1-3-22-11-14-9-15(19)18(16(14)20)10-12(2)23-17(21)13-7-5-4-6-8-13/h4-8,12,14H,3,9-11H2,1-2H3. The largest absolute Gasteiger partial charge is 0.457 e.